The number of hydrogen-bond acceptors (Lipinski definition) is 2. The maximum absolute atomic E-state index is 5.02. The summed E-state index contributed by atoms with van der Waals surface area (Å²) in [4.78, 5) is 1.25. The zero-order valence-corrected chi connectivity index (χ0v) is 9.67. The molecule has 1 aromatic carbocycles. The second kappa shape index (κ2) is 4.22. The smallest absolute Gasteiger partial charge is 0.0845 e. The second-order valence-electron chi connectivity index (χ2n) is 3.03. The van der Waals surface area contributed by atoms with Crippen LogP contribution in [0.4, 0.5) is 0 Å². The molecule has 0 radical (unpaired) electrons. The Morgan fingerprint density at radius 2 is 2.29 bits per heavy atom. The summed E-state index contributed by atoms with van der Waals surface area (Å²) in [5, 5.41) is 1.28. The van der Waals surface area contributed by atoms with Gasteiger partial charge in [-0.25, -0.2) is 0 Å². The molecular weight excluding hydrogens is 211 g/mol. The molecule has 14 heavy (non-hydrogen) atoms. The Kier molecular flexibility index (Phi) is 2.97. The second-order valence-corrected chi connectivity index (χ2v) is 4.53. The van der Waals surface area contributed by atoms with Gasteiger partial charge in [0.25, 0.3) is 0 Å². The molecule has 0 spiro atoms. The number of benzene rings is 1. The van der Waals surface area contributed by atoms with Gasteiger partial charge in [-0.2, -0.15) is 0 Å². The average Bonchev–Trinajstić information content (AvgIpc) is 2.59. The lowest BCUT2D eigenvalue weighted by molar-refractivity contribution is 0.366. The minimum Gasteiger partial charge on any atom is -0.360 e. The first-order valence-electron chi connectivity index (χ1n) is 4.30. The molecule has 0 aliphatic carbocycles. The lowest BCUT2D eigenvalue weighted by Gasteiger charge is -1.91. The molecule has 1 unspecified atom stereocenters. The molecule has 72 valence electrons. The zero-order chi connectivity index (χ0) is 9.97. The maximum Gasteiger partial charge on any atom is 0.0845 e. The predicted octanol–water partition coefficient (Wildman–Crippen LogP) is 3.85. The van der Waals surface area contributed by atoms with Crippen LogP contribution in [-0.2, 0) is 11.1 Å². The Morgan fingerprint density at radius 1 is 1.43 bits per heavy atom. The summed E-state index contributed by atoms with van der Waals surface area (Å²) in [7, 11) is 2.27. The minimum absolute atomic E-state index is 0.660. The van der Waals surface area contributed by atoms with Crippen molar-refractivity contribution in [3.63, 3.8) is 0 Å². The highest BCUT2D eigenvalue weighted by atomic mass is 32.1. The van der Waals surface area contributed by atoms with E-state index in [0.29, 0.717) is 6.61 Å². The van der Waals surface area contributed by atoms with E-state index >= 15 is 0 Å². The molecule has 2 aromatic rings. The van der Waals surface area contributed by atoms with Gasteiger partial charge in [0.15, 0.2) is 0 Å². The van der Waals surface area contributed by atoms with E-state index in [9.17, 15) is 0 Å². The first-order chi connectivity index (χ1) is 6.83. The van der Waals surface area contributed by atoms with Gasteiger partial charge in [-0.15, -0.1) is 11.3 Å². The third-order valence-corrected chi connectivity index (χ3v) is 3.29. The monoisotopic (exact) mass is 222 g/mol. The summed E-state index contributed by atoms with van der Waals surface area (Å²) in [6, 6.07) is 8.51. The van der Waals surface area contributed by atoms with Crippen molar-refractivity contribution in [3.05, 3.63) is 41.3 Å². The fraction of sp³-hybridized carbons (Fsp3) is 0.0909. The topological polar surface area (TPSA) is 9.23 Å². The number of hydrogen-bond donors (Lipinski definition) is 0. The first kappa shape index (κ1) is 9.85. The normalized spacial score (nSPS) is 10.6. The van der Waals surface area contributed by atoms with Crippen molar-refractivity contribution in [2.24, 2.45) is 0 Å². The Balaban J connectivity index is 2.48. The Bertz CT molecular complexity index is 461. The molecule has 2 rings (SSSR count). The maximum atomic E-state index is 5.02. The van der Waals surface area contributed by atoms with Crippen molar-refractivity contribution in [2.45, 2.75) is 6.61 Å². The van der Waals surface area contributed by atoms with E-state index in [2.05, 4.69) is 40.3 Å². The van der Waals surface area contributed by atoms with E-state index in [1.165, 1.54) is 15.0 Å². The molecule has 0 saturated carbocycles. The molecule has 0 aliphatic rings. The van der Waals surface area contributed by atoms with Crippen LogP contribution in [-0.4, -0.2) is 0 Å². The predicted molar refractivity (Wildman–Crippen MR) is 66.4 cm³/mol. The number of thiophene rings is 1. The van der Waals surface area contributed by atoms with Crippen molar-refractivity contribution >= 4 is 37.0 Å². The lowest BCUT2D eigenvalue weighted by atomic mass is 10.2. The summed E-state index contributed by atoms with van der Waals surface area (Å²) in [5.41, 5.74) is 1.16. The van der Waals surface area contributed by atoms with Gasteiger partial charge < -0.3 is 4.52 Å². The van der Waals surface area contributed by atoms with Gasteiger partial charge in [-0.3, -0.25) is 0 Å². The molecule has 1 aromatic heterocycles. The van der Waals surface area contributed by atoms with Crippen LogP contribution in [0.15, 0.2) is 30.8 Å². The summed E-state index contributed by atoms with van der Waals surface area (Å²) in [6.45, 7) is 4.42. The third kappa shape index (κ3) is 1.88. The number of rotatable bonds is 3. The van der Waals surface area contributed by atoms with E-state index in [1.807, 2.05) is 6.08 Å². The van der Waals surface area contributed by atoms with Crippen LogP contribution in [0.1, 0.15) is 10.4 Å². The molecule has 0 saturated heterocycles. The van der Waals surface area contributed by atoms with Gasteiger partial charge in [0.05, 0.1) is 6.61 Å². The van der Waals surface area contributed by atoms with Crippen LogP contribution < -0.4 is 0 Å². The molecule has 0 N–H and O–H groups in total. The summed E-state index contributed by atoms with van der Waals surface area (Å²) in [5.74, 6) is 0. The Hall–Kier alpha value is -0.690. The molecule has 0 fully saturated rings. The van der Waals surface area contributed by atoms with Crippen molar-refractivity contribution in [3.8, 4) is 0 Å². The minimum atomic E-state index is 0.660. The van der Waals surface area contributed by atoms with E-state index in [4.69, 9.17) is 4.52 Å². The summed E-state index contributed by atoms with van der Waals surface area (Å²) in [6.07, 6.45) is 1.87. The zero-order valence-electron chi connectivity index (χ0n) is 7.69. The highest BCUT2D eigenvalue weighted by molar-refractivity contribution is 7.19. The fourth-order valence-electron chi connectivity index (χ4n) is 1.38. The van der Waals surface area contributed by atoms with Crippen molar-refractivity contribution in [1.29, 1.82) is 0 Å². The molecule has 0 bridgehead atoms. The van der Waals surface area contributed by atoms with E-state index < -0.39 is 0 Å². The summed E-state index contributed by atoms with van der Waals surface area (Å²) < 4.78 is 6.31. The Labute approximate surface area is 89.7 Å². The number of fused-ring (bicyclic) bond motifs is 1. The van der Waals surface area contributed by atoms with Crippen LogP contribution in [0, 0.1) is 0 Å². The van der Waals surface area contributed by atoms with Crippen molar-refractivity contribution < 1.29 is 4.52 Å². The SMILES string of the molecule is C=Cc1ccc2cc(COP)sc2c1. The van der Waals surface area contributed by atoms with E-state index in [1.54, 1.807) is 11.3 Å². The van der Waals surface area contributed by atoms with Gasteiger partial charge in [-0.05, 0) is 23.1 Å². The molecule has 0 aliphatic heterocycles. The summed E-state index contributed by atoms with van der Waals surface area (Å²) >= 11 is 1.77. The molecule has 1 atom stereocenters. The van der Waals surface area contributed by atoms with E-state index in [-0.39, 0.29) is 0 Å². The Morgan fingerprint density at radius 3 is 3.00 bits per heavy atom. The molecule has 1 nitrogen and oxygen atoms in total. The van der Waals surface area contributed by atoms with Gasteiger partial charge in [-0.1, -0.05) is 24.8 Å². The van der Waals surface area contributed by atoms with Gasteiger partial charge in [0.2, 0.25) is 0 Å². The standard InChI is InChI=1S/C11H11OPS/c1-2-8-3-4-9-6-10(7-12-13)14-11(9)5-8/h2-6H,1,7,13H2. The highest BCUT2D eigenvalue weighted by Gasteiger charge is 2.01. The van der Waals surface area contributed by atoms with Gasteiger partial charge in [0.1, 0.15) is 0 Å². The molecule has 3 heteroatoms. The largest absolute Gasteiger partial charge is 0.360 e. The van der Waals surface area contributed by atoms with E-state index in [0.717, 1.165) is 5.56 Å². The third-order valence-electron chi connectivity index (χ3n) is 2.06. The first-order valence-corrected chi connectivity index (χ1v) is 5.59. The molecule has 1 heterocycles. The molecule has 0 amide bonds. The van der Waals surface area contributed by atoms with Crippen LogP contribution >= 0.6 is 20.8 Å². The molecular formula is C11H11OPS. The average molecular weight is 222 g/mol. The fourth-order valence-corrected chi connectivity index (χ4v) is 2.72. The van der Waals surface area contributed by atoms with Gasteiger partial charge in [0, 0.05) is 19.0 Å². The van der Waals surface area contributed by atoms with Crippen LogP contribution in [0.3, 0.4) is 0 Å². The van der Waals surface area contributed by atoms with Crippen LogP contribution in [0.25, 0.3) is 16.2 Å². The van der Waals surface area contributed by atoms with Crippen LogP contribution in [0.5, 0.6) is 0 Å². The van der Waals surface area contributed by atoms with Gasteiger partial charge >= 0.3 is 0 Å². The lowest BCUT2D eigenvalue weighted by Crippen LogP contribution is -1.73. The van der Waals surface area contributed by atoms with Crippen LogP contribution in [0.2, 0.25) is 0 Å². The van der Waals surface area contributed by atoms with Crippen molar-refractivity contribution in [2.75, 3.05) is 0 Å². The highest BCUT2D eigenvalue weighted by Crippen LogP contribution is 2.27. The quantitative estimate of drug-likeness (QED) is 0.717. The van der Waals surface area contributed by atoms with Crippen molar-refractivity contribution in [1.82, 2.24) is 0 Å².